The summed E-state index contributed by atoms with van der Waals surface area (Å²) in [5.74, 6) is -1.72. The highest BCUT2D eigenvalue weighted by molar-refractivity contribution is 5.80. The minimum absolute atomic E-state index is 0.0259. The topological polar surface area (TPSA) is 98.4 Å². The van der Waals surface area contributed by atoms with E-state index in [9.17, 15) is 19.8 Å². The molecule has 100 valence electrons. The fourth-order valence-corrected chi connectivity index (χ4v) is 3.16. The molecule has 0 saturated carbocycles. The Morgan fingerprint density at radius 1 is 1.39 bits per heavy atom. The molecule has 18 heavy (non-hydrogen) atoms. The monoisotopic (exact) mass is 255 g/mol. The molecule has 1 unspecified atom stereocenters. The summed E-state index contributed by atoms with van der Waals surface area (Å²) in [6.45, 7) is 6.54. The molecular weight excluding hydrogens is 236 g/mol. The summed E-state index contributed by atoms with van der Waals surface area (Å²) in [6, 6.07) is 2.01. The van der Waals surface area contributed by atoms with Gasteiger partial charge in [0.25, 0.3) is 0 Å². The molecule has 0 bridgehead atoms. The fraction of sp³-hybridized carbons (Fsp3) is 0.750. The highest BCUT2D eigenvalue weighted by Gasteiger charge is 2.70. The van der Waals surface area contributed by atoms with E-state index in [-0.39, 0.29) is 13.0 Å². The summed E-state index contributed by atoms with van der Waals surface area (Å²) in [4.78, 5) is 23.3. The van der Waals surface area contributed by atoms with Crippen molar-refractivity contribution in [2.75, 3.05) is 6.54 Å². The van der Waals surface area contributed by atoms with Crippen LogP contribution in [0.2, 0.25) is 0 Å². The van der Waals surface area contributed by atoms with Gasteiger partial charge < -0.3 is 10.2 Å². The number of amides is 1. The predicted molar refractivity (Wildman–Crippen MR) is 62.7 cm³/mol. The van der Waals surface area contributed by atoms with Crippen LogP contribution in [-0.4, -0.2) is 44.4 Å². The zero-order valence-corrected chi connectivity index (χ0v) is 11.1. The molecule has 1 rings (SSSR count). The van der Waals surface area contributed by atoms with E-state index in [1.54, 1.807) is 20.8 Å². The largest absolute Gasteiger partial charge is 0.514 e. The SMILES string of the molecule is CC(C)(C)[N+]1(C(=O)O)C[C@@H](C#N)C[C@@]1(C)C(=O)O. The molecule has 0 aromatic rings. The number of carbonyl (C=O) groups is 2. The lowest BCUT2D eigenvalue weighted by Gasteiger charge is -2.48. The highest BCUT2D eigenvalue weighted by atomic mass is 16.4. The van der Waals surface area contributed by atoms with Gasteiger partial charge in [-0.1, -0.05) is 0 Å². The normalized spacial score (nSPS) is 36.1. The standard InChI is InChI=1S/C12H18N2O4/c1-11(2,3)14(10(17)18)7-8(6-13)5-12(14,4)9(15)16/h8H,5,7H2,1-4H3,(H-,15,16,17,18)/p+1/t8-,12+,14?/m1/s1. The number of aliphatic carboxylic acids is 1. The third-order valence-corrected chi connectivity index (χ3v) is 4.10. The quantitative estimate of drug-likeness (QED) is 0.694. The molecular formula is C12H19N2O4+. The number of rotatable bonds is 1. The molecule has 1 amide bonds. The van der Waals surface area contributed by atoms with E-state index in [0.717, 1.165) is 0 Å². The number of likely N-dealkylation sites (tertiary alicyclic amines) is 1. The van der Waals surface area contributed by atoms with Gasteiger partial charge in [-0.15, -0.1) is 0 Å². The molecule has 6 heteroatoms. The summed E-state index contributed by atoms with van der Waals surface area (Å²) < 4.78 is -0.618. The van der Waals surface area contributed by atoms with Crippen LogP contribution in [0.25, 0.3) is 0 Å². The van der Waals surface area contributed by atoms with Gasteiger partial charge in [-0.05, 0) is 20.8 Å². The predicted octanol–water partition coefficient (Wildman–Crippen LogP) is 1.67. The first kappa shape index (κ1) is 14.5. The van der Waals surface area contributed by atoms with Gasteiger partial charge in [0.2, 0.25) is 5.54 Å². The second-order valence-electron chi connectivity index (χ2n) is 6.05. The Balaban J connectivity index is 3.53. The van der Waals surface area contributed by atoms with Crippen molar-refractivity contribution in [1.82, 2.24) is 0 Å². The maximum atomic E-state index is 11.8. The molecule has 1 aliphatic rings. The van der Waals surface area contributed by atoms with Crippen LogP contribution in [0, 0.1) is 17.2 Å². The van der Waals surface area contributed by atoms with Crippen molar-refractivity contribution in [3.05, 3.63) is 0 Å². The highest BCUT2D eigenvalue weighted by Crippen LogP contribution is 2.46. The van der Waals surface area contributed by atoms with Crippen molar-refractivity contribution in [2.24, 2.45) is 5.92 Å². The minimum Gasteiger partial charge on any atom is -0.477 e. The van der Waals surface area contributed by atoms with Crippen molar-refractivity contribution in [3.8, 4) is 6.07 Å². The third-order valence-electron chi connectivity index (χ3n) is 4.10. The molecule has 1 aliphatic heterocycles. The van der Waals surface area contributed by atoms with Crippen LogP contribution in [0.15, 0.2) is 0 Å². The average Bonchev–Trinajstić information content (AvgIpc) is 2.53. The molecule has 2 N–H and O–H groups in total. The zero-order valence-electron chi connectivity index (χ0n) is 11.1. The Kier molecular flexibility index (Phi) is 3.17. The minimum atomic E-state index is -1.48. The second-order valence-corrected chi connectivity index (χ2v) is 6.05. The van der Waals surface area contributed by atoms with E-state index in [4.69, 9.17) is 5.26 Å². The van der Waals surface area contributed by atoms with Gasteiger partial charge in [0, 0.05) is 13.3 Å². The lowest BCUT2D eigenvalue weighted by atomic mass is 9.89. The van der Waals surface area contributed by atoms with E-state index in [2.05, 4.69) is 0 Å². The van der Waals surface area contributed by atoms with Crippen LogP contribution in [0.5, 0.6) is 0 Å². The molecule has 1 saturated heterocycles. The van der Waals surface area contributed by atoms with Crippen LogP contribution in [-0.2, 0) is 4.79 Å². The molecule has 0 aromatic carbocycles. The Labute approximate surface area is 106 Å². The van der Waals surface area contributed by atoms with Crippen LogP contribution in [0.4, 0.5) is 4.79 Å². The zero-order chi connectivity index (χ0) is 14.4. The van der Waals surface area contributed by atoms with E-state index < -0.39 is 33.5 Å². The number of quaternary nitrogens is 1. The Hall–Kier alpha value is -1.61. The molecule has 3 atom stereocenters. The third kappa shape index (κ3) is 1.58. The molecule has 0 aliphatic carbocycles. The molecule has 0 radical (unpaired) electrons. The summed E-state index contributed by atoms with van der Waals surface area (Å²) >= 11 is 0. The first-order chi connectivity index (χ1) is 8.03. The van der Waals surface area contributed by atoms with Crippen LogP contribution < -0.4 is 0 Å². The summed E-state index contributed by atoms with van der Waals surface area (Å²) in [5, 5.41) is 28.1. The molecule has 1 heterocycles. The van der Waals surface area contributed by atoms with Gasteiger partial charge in [-0.3, -0.25) is 0 Å². The molecule has 1 fully saturated rings. The van der Waals surface area contributed by atoms with Gasteiger partial charge in [0.1, 0.15) is 18.0 Å². The summed E-state index contributed by atoms with van der Waals surface area (Å²) in [7, 11) is 0. The Bertz CT molecular complexity index is 434. The van der Waals surface area contributed by atoms with Crippen LogP contribution in [0.3, 0.4) is 0 Å². The van der Waals surface area contributed by atoms with Crippen LogP contribution in [0.1, 0.15) is 34.1 Å². The molecule has 0 spiro atoms. The number of carboxylic acids is 1. The van der Waals surface area contributed by atoms with Gasteiger partial charge in [-0.2, -0.15) is 10.1 Å². The first-order valence-corrected chi connectivity index (χ1v) is 5.77. The van der Waals surface area contributed by atoms with Gasteiger partial charge >= 0.3 is 12.1 Å². The van der Waals surface area contributed by atoms with Gasteiger partial charge in [0.05, 0.1) is 6.07 Å². The van der Waals surface area contributed by atoms with Crippen molar-refractivity contribution >= 4 is 12.1 Å². The summed E-state index contributed by atoms with van der Waals surface area (Å²) in [5.41, 5.74) is -2.28. The smallest absolute Gasteiger partial charge is 0.477 e. The maximum absolute atomic E-state index is 11.8. The second kappa shape index (κ2) is 3.95. The van der Waals surface area contributed by atoms with Crippen molar-refractivity contribution < 1.29 is 24.3 Å². The van der Waals surface area contributed by atoms with E-state index in [1.807, 2.05) is 6.07 Å². The van der Waals surface area contributed by atoms with Gasteiger partial charge in [-0.25, -0.2) is 9.28 Å². The lowest BCUT2D eigenvalue weighted by molar-refractivity contribution is -0.929. The Morgan fingerprint density at radius 2 is 1.89 bits per heavy atom. The Morgan fingerprint density at radius 3 is 2.11 bits per heavy atom. The summed E-state index contributed by atoms with van der Waals surface area (Å²) in [6.07, 6.45) is -1.13. The number of nitriles is 1. The van der Waals surface area contributed by atoms with E-state index >= 15 is 0 Å². The fourth-order valence-electron chi connectivity index (χ4n) is 3.16. The van der Waals surface area contributed by atoms with Crippen molar-refractivity contribution in [3.63, 3.8) is 0 Å². The van der Waals surface area contributed by atoms with Crippen molar-refractivity contribution in [1.29, 1.82) is 5.26 Å². The number of hydrogen-bond donors (Lipinski definition) is 2. The van der Waals surface area contributed by atoms with Gasteiger partial charge in [0.15, 0.2) is 0 Å². The average molecular weight is 255 g/mol. The molecule has 0 aromatic heterocycles. The molecule has 6 nitrogen and oxygen atoms in total. The lowest BCUT2D eigenvalue weighted by Crippen LogP contribution is -2.73. The number of carboxylic acid groups (broad SMARTS) is 2. The van der Waals surface area contributed by atoms with Crippen molar-refractivity contribution in [2.45, 2.75) is 45.2 Å². The van der Waals surface area contributed by atoms with E-state index in [0.29, 0.717) is 0 Å². The van der Waals surface area contributed by atoms with Crippen LogP contribution >= 0.6 is 0 Å². The van der Waals surface area contributed by atoms with E-state index in [1.165, 1.54) is 6.92 Å². The maximum Gasteiger partial charge on any atom is 0.514 e. The first-order valence-electron chi connectivity index (χ1n) is 5.77. The number of nitrogens with zero attached hydrogens (tertiary/aromatic N) is 2. The number of hydrogen-bond acceptors (Lipinski definition) is 3.